The largest absolute Gasteiger partial charge is 0.389 e. The minimum absolute atomic E-state index is 0.149. The molecule has 0 atom stereocenters. The molecule has 1 aromatic heterocycles. The number of aromatic nitrogens is 1. The summed E-state index contributed by atoms with van der Waals surface area (Å²) in [5.41, 5.74) is 12.7. The molecule has 7 heteroatoms. The number of aryl methyl sites for hydroxylation is 2. The molecule has 0 saturated heterocycles. The molecule has 1 aromatic carbocycles. The zero-order valence-electron chi connectivity index (χ0n) is 12.8. The Balaban J connectivity index is 1.89. The van der Waals surface area contributed by atoms with Gasteiger partial charge in [0.25, 0.3) is 5.91 Å². The van der Waals surface area contributed by atoms with E-state index >= 15 is 0 Å². The van der Waals surface area contributed by atoms with Gasteiger partial charge in [0.1, 0.15) is 5.00 Å². The van der Waals surface area contributed by atoms with Crippen LogP contribution in [0.2, 0.25) is 0 Å². The fourth-order valence-electron chi connectivity index (χ4n) is 1.92. The number of hydrazone groups is 1. The first-order chi connectivity index (χ1) is 10.5. The highest BCUT2D eigenvalue weighted by Gasteiger charge is 2.11. The Hall–Kier alpha value is -2.41. The second-order valence-electron chi connectivity index (χ2n) is 4.96. The van der Waals surface area contributed by atoms with E-state index in [0.29, 0.717) is 10.7 Å². The Morgan fingerprint density at radius 1 is 1.32 bits per heavy atom. The number of nitrogens with zero attached hydrogens (tertiary/aromatic N) is 2. The lowest BCUT2D eigenvalue weighted by atomic mass is 10.2. The molecule has 0 unspecified atom stereocenters. The monoisotopic (exact) mass is 317 g/mol. The van der Waals surface area contributed by atoms with Crippen LogP contribution in [0.1, 0.15) is 23.7 Å². The predicted molar refractivity (Wildman–Crippen MR) is 91.3 cm³/mol. The number of carbonyl (C=O) groups is 1. The molecule has 2 rings (SSSR count). The van der Waals surface area contributed by atoms with Gasteiger partial charge in [0.2, 0.25) is 0 Å². The van der Waals surface area contributed by atoms with E-state index in [9.17, 15) is 4.79 Å². The molecule has 4 N–H and O–H groups in total. The molecular formula is C15H19N5OS. The van der Waals surface area contributed by atoms with E-state index in [-0.39, 0.29) is 12.5 Å². The fourth-order valence-corrected chi connectivity index (χ4v) is 2.64. The lowest BCUT2D eigenvalue weighted by molar-refractivity contribution is -0.119. The molecule has 0 saturated carbocycles. The summed E-state index contributed by atoms with van der Waals surface area (Å²) >= 11 is 1.22. The van der Waals surface area contributed by atoms with E-state index in [1.807, 2.05) is 38.1 Å². The SMILES string of the molecule is C/C(=N/NC(=O)CNc1ccc(C)cc1)c1c(C)nsc1N. The molecule has 0 aliphatic heterocycles. The first kappa shape index (κ1) is 16.0. The van der Waals surface area contributed by atoms with Crippen LogP contribution in [0.3, 0.4) is 0 Å². The van der Waals surface area contributed by atoms with Crippen molar-refractivity contribution in [2.75, 3.05) is 17.6 Å². The van der Waals surface area contributed by atoms with Gasteiger partial charge in [-0.15, -0.1) is 0 Å². The summed E-state index contributed by atoms with van der Waals surface area (Å²) in [5, 5.41) is 7.72. The molecule has 1 amide bonds. The van der Waals surface area contributed by atoms with E-state index in [1.54, 1.807) is 6.92 Å². The average molecular weight is 317 g/mol. The maximum atomic E-state index is 11.8. The molecule has 116 valence electrons. The summed E-state index contributed by atoms with van der Waals surface area (Å²) in [7, 11) is 0. The summed E-state index contributed by atoms with van der Waals surface area (Å²) in [6.07, 6.45) is 0. The van der Waals surface area contributed by atoms with Gasteiger partial charge in [-0.1, -0.05) is 17.7 Å². The second kappa shape index (κ2) is 7.04. The number of benzene rings is 1. The molecule has 0 fully saturated rings. The van der Waals surface area contributed by atoms with E-state index in [2.05, 4.69) is 20.2 Å². The molecule has 2 aromatic rings. The van der Waals surface area contributed by atoms with Crippen LogP contribution < -0.4 is 16.5 Å². The summed E-state index contributed by atoms with van der Waals surface area (Å²) in [6, 6.07) is 7.83. The van der Waals surface area contributed by atoms with Crippen LogP contribution in [0, 0.1) is 13.8 Å². The molecule has 0 aliphatic carbocycles. The van der Waals surface area contributed by atoms with Crippen molar-refractivity contribution in [3.8, 4) is 0 Å². The van der Waals surface area contributed by atoms with Gasteiger partial charge in [0.05, 0.1) is 23.5 Å². The third-order valence-corrected chi connectivity index (χ3v) is 3.87. The number of rotatable bonds is 5. The number of hydrogen-bond donors (Lipinski definition) is 3. The summed E-state index contributed by atoms with van der Waals surface area (Å²) in [6.45, 7) is 5.82. The highest BCUT2D eigenvalue weighted by molar-refractivity contribution is 7.10. The fraction of sp³-hybridized carbons (Fsp3) is 0.267. The highest BCUT2D eigenvalue weighted by Crippen LogP contribution is 2.21. The Morgan fingerprint density at radius 3 is 2.59 bits per heavy atom. The van der Waals surface area contributed by atoms with E-state index < -0.39 is 0 Å². The molecule has 6 nitrogen and oxygen atoms in total. The van der Waals surface area contributed by atoms with Crippen LogP contribution in [0.4, 0.5) is 10.7 Å². The van der Waals surface area contributed by atoms with Crippen LogP contribution in [-0.2, 0) is 4.79 Å². The zero-order valence-corrected chi connectivity index (χ0v) is 13.6. The molecule has 0 bridgehead atoms. The summed E-state index contributed by atoms with van der Waals surface area (Å²) < 4.78 is 4.16. The van der Waals surface area contributed by atoms with Crippen molar-refractivity contribution in [1.82, 2.24) is 9.80 Å². The quantitative estimate of drug-likeness (QED) is 0.583. The lowest BCUT2D eigenvalue weighted by Gasteiger charge is -2.06. The average Bonchev–Trinajstić information content (AvgIpc) is 2.83. The van der Waals surface area contributed by atoms with Crippen molar-refractivity contribution in [3.63, 3.8) is 0 Å². The Morgan fingerprint density at radius 2 is 2.00 bits per heavy atom. The van der Waals surface area contributed by atoms with Crippen molar-refractivity contribution in [1.29, 1.82) is 0 Å². The smallest absolute Gasteiger partial charge is 0.259 e. The number of nitrogens with two attached hydrogens (primary N) is 1. The minimum Gasteiger partial charge on any atom is -0.389 e. The molecular weight excluding hydrogens is 298 g/mol. The Bertz CT molecular complexity index is 671. The van der Waals surface area contributed by atoms with E-state index in [4.69, 9.17) is 5.73 Å². The predicted octanol–water partition coefficient (Wildman–Crippen LogP) is 2.29. The molecule has 1 heterocycles. The number of nitrogen functional groups attached to an aromatic ring is 1. The standard InChI is InChI=1S/C15H19N5OS/c1-9-4-6-12(7-5-9)17-8-13(21)19-18-10(2)14-11(3)20-22-15(14)16/h4-7,17H,8,16H2,1-3H3,(H,19,21)/b18-10-. The number of nitrogens with one attached hydrogen (secondary N) is 2. The number of carbonyl (C=O) groups excluding carboxylic acids is 1. The third-order valence-electron chi connectivity index (χ3n) is 3.10. The molecule has 22 heavy (non-hydrogen) atoms. The van der Waals surface area contributed by atoms with Crippen molar-refractivity contribution in [2.45, 2.75) is 20.8 Å². The highest BCUT2D eigenvalue weighted by atomic mass is 32.1. The van der Waals surface area contributed by atoms with Crippen molar-refractivity contribution in [2.24, 2.45) is 5.10 Å². The first-order valence-corrected chi connectivity index (χ1v) is 7.60. The van der Waals surface area contributed by atoms with Crippen LogP contribution in [-0.4, -0.2) is 22.5 Å². The summed E-state index contributed by atoms with van der Waals surface area (Å²) in [4.78, 5) is 11.8. The number of amides is 1. The topological polar surface area (TPSA) is 92.4 Å². The summed E-state index contributed by atoms with van der Waals surface area (Å²) in [5.74, 6) is -0.223. The van der Waals surface area contributed by atoms with Crippen LogP contribution in [0.15, 0.2) is 29.4 Å². The van der Waals surface area contributed by atoms with Gasteiger partial charge in [-0.2, -0.15) is 9.47 Å². The lowest BCUT2D eigenvalue weighted by Crippen LogP contribution is -2.26. The van der Waals surface area contributed by atoms with Crippen molar-refractivity contribution < 1.29 is 4.79 Å². The van der Waals surface area contributed by atoms with Gasteiger partial charge in [0.15, 0.2) is 0 Å². The molecule has 0 radical (unpaired) electrons. The van der Waals surface area contributed by atoms with Gasteiger partial charge in [0, 0.05) is 5.69 Å². The minimum atomic E-state index is -0.223. The van der Waals surface area contributed by atoms with Gasteiger partial charge >= 0.3 is 0 Å². The second-order valence-corrected chi connectivity index (χ2v) is 5.76. The zero-order chi connectivity index (χ0) is 16.1. The van der Waals surface area contributed by atoms with Gasteiger partial charge in [-0.25, -0.2) is 5.43 Å². The first-order valence-electron chi connectivity index (χ1n) is 6.83. The third kappa shape index (κ3) is 4.05. The number of anilines is 2. The van der Waals surface area contributed by atoms with E-state index in [1.165, 1.54) is 17.1 Å². The number of hydrogen-bond acceptors (Lipinski definition) is 6. The van der Waals surface area contributed by atoms with Gasteiger partial charge in [-0.3, -0.25) is 4.79 Å². The maximum absolute atomic E-state index is 11.8. The van der Waals surface area contributed by atoms with Crippen molar-refractivity contribution in [3.05, 3.63) is 41.1 Å². The Labute approximate surface area is 133 Å². The molecule has 0 aliphatic rings. The molecule has 0 spiro atoms. The van der Waals surface area contributed by atoms with Crippen LogP contribution in [0.25, 0.3) is 0 Å². The van der Waals surface area contributed by atoms with Crippen molar-refractivity contribution >= 4 is 33.8 Å². The maximum Gasteiger partial charge on any atom is 0.259 e. The van der Waals surface area contributed by atoms with Gasteiger partial charge < -0.3 is 11.1 Å². The Kier molecular flexibility index (Phi) is 5.11. The normalized spacial score (nSPS) is 11.3. The van der Waals surface area contributed by atoms with Gasteiger partial charge in [-0.05, 0) is 44.4 Å². The van der Waals surface area contributed by atoms with Crippen LogP contribution >= 0.6 is 11.5 Å². The van der Waals surface area contributed by atoms with E-state index in [0.717, 1.165) is 16.9 Å². The van der Waals surface area contributed by atoms with Crippen LogP contribution in [0.5, 0.6) is 0 Å².